The molecule has 5 rings (SSSR count). The minimum Gasteiger partial charge on any atom is -0.343 e. The van der Waals surface area contributed by atoms with Crippen LogP contribution in [0.25, 0.3) is 42.0 Å². The molecule has 0 saturated carbocycles. The first-order valence-electron chi connectivity index (χ1n) is 8.60. The summed E-state index contributed by atoms with van der Waals surface area (Å²) in [4.78, 5) is 0. The van der Waals surface area contributed by atoms with Crippen LogP contribution in [0.3, 0.4) is 0 Å². The lowest BCUT2D eigenvalue weighted by Crippen LogP contribution is -1.92. The topological polar surface area (TPSA) is 4.93 Å². The lowest BCUT2D eigenvalue weighted by molar-refractivity contribution is 0.912. The Hall–Kier alpha value is -2.32. The zero-order chi connectivity index (χ0) is 16.3. The molecular formula is C22H19NS. The van der Waals surface area contributed by atoms with E-state index in [1.54, 1.807) is 0 Å². The van der Waals surface area contributed by atoms with E-state index >= 15 is 0 Å². The van der Waals surface area contributed by atoms with Crippen LogP contribution >= 0.6 is 11.3 Å². The van der Waals surface area contributed by atoms with Crippen molar-refractivity contribution in [3.05, 3.63) is 60.2 Å². The third-order valence-electron chi connectivity index (χ3n) is 5.13. The Morgan fingerprint density at radius 1 is 0.833 bits per heavy atom. The van der Waals surface area contributed by atoms with Crippen molar-refractivity contribution in [2.45, 2.75) is 19.8 Å². The van der Waals surface area contributed by atoms with Gasteiger partial charge in [0.2, 0.25) is 0 Å². The molecule has 0 aliphatic carbocycles. The van der Waals surface area contributed by atoms with Gasteiger partial charge in [0.05, 0.1) is 5.52 Å². The van der Waals surface area contributed by atoms with Gasteiger partial charge in [-0.25, -0.2) is 0 Å². The van der Waals surface area contributed by atoms with E-state index in [4.69, 9.17) is 0 Å². The monoisotopic (exact) mass is 329 g/mol. The van der Waals surface area contributed by atoms with E-state index < -0.39 is 0 Å². The number of para-hydroxylation sites is 1. The zero-order valence-corrected chi connectivity index (χ0v) is 14.8. The second kappa shape index (κ2) is 5.09. The maximum Gasteiger partial charge on any atom is 0.0521 e. The van der Waals surface area contributed by atoms with Crippen molar-refractivity contribution in [2.75, 3.05) is 0 Å². The van der Waals surface area contributed by atoms with Crippen LogP contribution in [0.2, 0.25) is 0 Å². The second-order valence-electron chi connectivity index (χ2n) is 6.55. The van der Waals surface area contributed by atoms with Gasteiger partial charge in [0.15, 0.2) is 0 Å². The third kappa shape index (κ3) is 1.75. The number of aromatic nitrogens is 1. The van der Waals surface area contributed by atoms with Crippen LogP contribution in [0.5, 0.6) is 0 Å². The standard InChI is InChI=1S/C22H19NS/c1-3-7-14-8-6-10-16-20-17(23(2)22(14)16)12-13-19-21(20)15-9-4-5-11-18(15)24-19/h4-6,8-13H,3,7H2,1-2H3. The van der Waals surface area contributed by atoms with Gasteiger partial charge >= 0.3 is 0 Å². The second-order valence-corrected chi connectivity index (χ2v) is 7.64. The van der Waals surface area contributed by atoms with Gasteiger partial charge in [-0.1, -0.05) is 49.7 Å². The van der Waals surface area contributed by atoms with Crippen LogP contribution in [-0.2, 0) is 13.5 Å². The molecule has 0 saturated heterocycles. The van der Waals surface area contributed by atoms with Crippen LogP contribution in [0, 0.1) is 0 Å². The molecule has 24 heavy (non-hydrogen) atoms. The molecule has 2 heteroatoms. The third-order valence-corrected chi connectivity index (χ3v) is 6.26. The van der Waals surface area contributed by atoms with Crippen molar-refractivity contribution in [1.29, 1.82) is 0 Å². The Morgan fingerprint density at radius 3 is 2.54 bits per heavy atom. The molecule has 0 amide bonds. The Labute approximate surface area is 145 Å². The van der Waals surface area contributed by atoms with E-state index in [0.29, 0.717) is 0 Å². The highest BCUT2D eigenvalue weighted by molar-refractivity contribution is 7.26. The molecule has 1 nitrogen and oxygen atoms in total. The van der Waals surface area contributed by atoms with Crippen LogP contribution < -0.4 is 0 Å². The normalized spacial score (nSPS) is 12.1. The van der Waals surface area contributed by atoms with Gasteiger partial charge in [-0.05, 0) is 30.2 Å². The Bertz CT molecular complexity index is 1220. The van der Waals surface area contributed by atoms with Gasteiger partial charge in [0.25, 0.3) is 0 Å². The summed E-state index contributed by atoms with van der Waals surface area (Å²) in [7, 11) is 2.21. The van der Waals surface area contributed by atoms with Gasteiger partial charge in [-0.15, -0.1) is 11.3 Å². The van der Waals surface area contributed by atoms with Crippen molar-refractivity contribution in [3.8, 4) is 0 Å². The largest absolute Gasteiger partial charge is 0.343 e. The minimum atomic E-state index is 1.13. The molecule has 0 unspecified atom stereocenters. The van der Waals surface area contributed by atoms with Crippen LogP contribution in [0.1, 0.15) is 18.9 Å². The molecule has 0 N–H and O–H groups in total. The number of benzene rings is 3. The number of thiophene rings is 1. The summed E-state index contributed by atoms with van der Waals surface area (Å²) in [5, 5.41) is 5.62. The fraction of sp³-hybridized carbons (Fsp3) is 0.182. The highest BCUT2D eigenvalue weighted by Gasteiger charge is 2.16. The van der Waals surface area contributed by atoms with E-state index in [-0.39, 0.29) is 0 Å². The molecule has 5 aromatic rings. The molecule has 0 atom stereocenters. The van der Waals surface area contributed by atoms with Gasteiger partial charge < -0.3 is 4.57 Å². The predicted molar refractivity (Wildman–Crippen MR) is 107 cm³/mol. The average molecular weight is 329 g/mol. The first kappa shape index (κ1) is 14.1. The fourth-order valence-corrected chi connectivity index (χ4v) is 5.25. The van der Waals surface area contributed by atoms with Crippen LogP contribution in [0.4, 0.5) is 0 Å². The number of hydrogen-bond donors (Lipinski definition) is 0. The molecule has 0 aliphatic rings. The van der Waals surface area contributed by atoms with Crippen molar-refractivity contribution < 1.29 is 0 Å². The first-order valence-corrected chi connectivity index (χ1v) is 9.41. The highest BCUT2D eigenvalue weighted by Crippen LogP contribution is 2.42. The number of fused-ring (bicyclic) bond motifs is 7. The minimum absolute atomic E-state index is 1.13. The van der Waals surface area contributed by atoms with E-state index in [1.165, 1.54) is 54.0 Å². The smallest absolute Gasteiger partial charge is 0.0521 e. The molecule has 118 valence electrons. The quantitative estimate of drug-likeness (QED) is 0.341. The molecule has 0 aliphatic heterocycles. The van der Waals surface area contributed by atoms with E-state index in [9.17, 15) is 0 Å². The maximum absolute atomic E-state index is 2.39. The van der Waals surface area contributed by atoms with Crippen molar-refractivity contribution >= 4 is 53.3 Å². The van der Waals surface area contributed by atoms with E-state index in [2.05, 4.69) is 73.1 Å². The maximum atomic E-state index is 2.39. The molecule has 0 radical (unpaired) electrons. The number of hydrogen-bond acceptors (Lipinski definition) is 1. The summed E-state index contributed by atoms with van der Waals surface area (Å²) >= 11 is 1.90. The molecule has 2 aromatic heterocycles. The van der Waals surface area contributed by atoms with E-state index in [1.807, 2.05) is 11.3 Å². The number of aryl methyl sites for hydroxylation is 2. The van der Waals surface area contributed by atoms with Crippen LogP contribution in [-0.4, -0.2) is 4.57 Å². The zero-order valence-electron chi connectivity index (χ0n) is 14.0. The number of rotatable bonds is 2. The lowest BCUT2D eigenvalue weighted by Gasteiger charge is -2.04. The summed E-state index contributed by atoms with van der Waals surface area (Å²) in [6, 6.07) is 20.2. The van der Waals surface area contributed by atoms with Crippen molar-refractivity contribution in [2.24, 2.45) is 7.05 Å². The molecular weight excluding hydrogens is 310 g/mol. The van der Waals surface area contributed by atoms with Gasteiger partial charge in [0.1, 0.15) is 0 Å². The molecule has 2 heterocycles. The van der Waals surface area contributed by atoms with Crippen LogP contribution in [0.15, 0.2) is 54.6 Å². The highest BCUT2D eigenvalue weighted by atomic mass is 32.1. The molecule has 0 fully saturated rings. The van der Waals surface area contributed by atoms with E-state index in [0.717, 1.165) is 6.42 Å². The first-order chi connectivity index (χ1) is 11.8. The Balaban J connectivity index is 2.08. The van der Waals surface area contributed by atoms with Gasteiger partial charge in [0, 0.05) is 43.5 Å². The van der Waals surface area contributed by atoms with Gasteiger partial charge in [-0.3, -0.25) is 0 Å². The predicted octanol–water partition coefficient (Wildman–Crippen LogP) is 6.65. The molecule has 3 aromatic carbocycles. The summed E-state index contributed by atoms with van der Waals surface area (Å²) in [6.45, 7) is 2.26. The molecule has 0 spiro atoms. The van der Waals surface area contributed by atoms with Gasteiger partial charge in [-0.2, -0.15) is 0 Å². The fourth-order valence-electron chi connectivity index (χ4n) is 4.14. The Morgan fingerprint density at radius 2 is 1.67 bits per heavy atom. The molecule has 0 bridgehead atoms. The Kier molecular flexibility index (Phi) is 2.98. The summed E-state index contributed by atoms with van der Waals surface area (Å²) in [6.07, 6.45) is 2.31. The summed E-state index contributed by atoms with van der Waals surface area (Å²) < 4.78 is 5.15. The van der Waals surface area contributed by atoms with Crippen molar-refractivity contribution in [1.82, 2.24) is 4.57 Å². The average Bonchev–Trinajstić information content (AvgIpc) is 3.12. The summed E-state index contributed by atoms with van der Waals surface area (Å²) in [5.41, 5.74) is 4.20. The number of nitrogens with zero attached hydrogens (tertiary/aromatic N) is 1. The lowest BCUT2D eigenvalue weighted by atomic mass is 10.0. The van der Waals surface area contributed by atoms with Crippen molar-refractivity contribution in [3.63, 3.8) is 0 Å². The summed E-state index contributed by atoms with van der Waals surface area (Å²) in [5.74, 6) is 0. The SMILES string of the molecule is CCCc1cccc2c3c4c(ccc3n(C)c12)sc1ccccc14.